The molecule has 0 saturated heterocycles. The second-order valence-electron chi connectivity index (χ2n) is 8.94. The first-order chi connectivity index (χ1) is 17.6. The number of fused-ring (bicyclic) bond motifs is 1. The molecule has 1 unspecified atom stereocenters. The molecule has 2 N–H and O–H groups in total. The Kier molecular flexibility index (Phi) is 7.74. The molecule has 4 aromatic rings. The topological polar surface area (TPSA) is 110 Å². The second kappa shape index (κ2) is 10.8. The van der Waals surface area contributed by atoms with Gasteiger partial charge >= 0.3 is 0 Å². The van der Waals surface area contributed by atoms with E-state index < -0.39 is 0 Å². The molecule has 0 aliphatic rings. The highest BCUT2D eigenvalue weighted by Crippen LogP contribution is 2.29. The number of nitrogens with zero attached hydrogens (tertiary/aromatic N) is 6. The third-order valence-corrected chi connectivity index (χ3v) is 6.56. The zero-order valence-electron chi connectivity index (χ0n) is 21.5. The van der Waals surface area contributed by atoms with Gasteiger partial charge in [-0.25, -0.2) is 9.97 Å². The van der Waals surface area contributed by atoms with Crippen LogP contribution in [0.4, 0.5) is 11.6 Å². The first-order valence-corrected chi connectivity index (χ1v) is 13.2. The highest BCUT2D eigenvalue weighted by molar-refractivity contribution is 7.97. The number of rotatable bonds is 8. The molecular formula is C25H29ClN8O2S. The summed E-state index contributed by atoms with van der Waals surface area (Å²) in [5, 5.41) is 8.35. The number of halogens is 1. The number of aryl methyl sites for hydroxylation is 2. The molecule has 0 bridgehead atoms. The van der Waals surface area contributed by atoms with Crippen LogP contribution in [0.25, 0.3) is 10.9 Å². The lowest BCUT2D eigenvalue weighted by Gasteiger charge is -2.23. The molecule has 3 aromatic heterocycles. The van der Waals surface area contributed by atoms with Crippen molar-refractivity contribution in [1.82, 2.24) is 29.0 Å². The normalized spacial score (nSPS) is 12.0. The van der Waals surface area contributed by atoms with Gasteiger partial charge in [0.2, 0.25) is 5.95 Å². The van der Waals surface area contributed by atoms with Crippen LogP contribution in [-0.4, -0.2) is 43.5 Å². The van der Waals surface area contributed by atoms with Gasteiger partial charge in [-0.1, -0.05) is 29.6 Å². The lowest BCUT2D eigenvalue weighted by atomic mass is 10.0. The Balaban J connectivity index is 1.77. The Morgan fingerprint density at radius 2 is 2.00 bits per heavy atom. The number of anilines is 2. The van der Waals surface area contributed by atoms with Crippen LogP contribution in [0.3, 0.4) is 0 Å². The Morgan fingerprint density at radius 3 is 2.68 bits per heavy atom. The van der Waals surface area contributed by atoms with Crippen molar-refractivity contribution in [3.63, 3.8) is 0 Å². The van der Waals surface area contributed by atoms with E-state index in [9.17, 15) is 9.59 Å². The minimum Gasteiger partial charge on any atom is -0.377 e. The number of hydrogen-bond donors (Lipinski definition) is 2. The molecule has 1 aromatic carbocycles. The number of benzene rings is 1. The maximum atomic E-state index is 13.4. The Labute approximate surface area is 224 Å². The van der Waals surface area contributed by atoms with Crippen molar-refractivity contribution < 1.29 is 4.79 Å². The number of nitrogens with one attached hydrogen (secondary N) is 2. The van der Waals surface area contributed by atoms with Crippen LogP contribution in [0.15, 0.2) is 41.5 Å². The largest absolute Gasteiger partial charge is 0.377 e. The van der Waals surface area contributed by atoms with Crippen LogP contribution in [-0.2, 0) is 20.6 Å². The van der Waals surface area contributed by atoms with E-state index in [2.05, 4.69) is 20.1 Å². The lowest BCUT2D eigenvalue weighted by Crippen LogP contribution is -2.29. The fourth-order valence-electron chi connectivity index (χ4n) is 4.29. The predicted molar refractivity (Wildman–Crippen MR) is 149 cm³/mol. The Hall–Kier alpha value is -3.57. The number of carbonyl (C=O) groups excluding carboxylic acids is 1. The number of hydrogen-bond acceptors (Lipinski definition) is 8. The molecule has 1 amide bonds. The summed E-state index contributed by atoms with van der Waals surface area (Å²) in [6, 6.07) is 6.90. The monoisotopic (exact) mass is 540 g/mol. The standard InChI is InChI=1S/C25H29ClN8O2S/c1-14-9-17(15(2)28-19-7-8-20(26)29-22(19)23(35)31-37-6)21-18(10-14)24(36)34(5)25(30-21)32(3)12-16-11-27-33(4)13-16/h7-11,13,15,28H,12H2,1-6H3,(H,31,35). The molecule has 0 fully saturated rings. The molecule has 4 rings (SSSR count). The third-order valence-electron chi connectivity index (χ3n) is 5.96. The average Bonchev–Trinajstić information content (AvgIpc) is 3.26. The van der Waals surface area contributed by atoms with Crippen LogP contribution in [0, 0.1) is 6.92 Å². The van der Waals surface area contributed by atoms with E-state index in [0.29, 0.717) is 29.1 Å². The van der Waals surface area contributed by atoms with Gasteiger partial charge in [-0.15, -0.1) is 0 Å². The average molecular weight is 541 g/mol. The quantitative estimate of drug-likeness (QED) is 0.256. The molecule has 1 atom stereocenters. The minimum absolute atomic E-state index is 0.136. The van der Waals surface area contributed by atoms with Gasteiger partial charge in [0.15, 0.2) is 5.69 Å². The van der Waals surface area contributed by atoms with Crippen molar-refractivity contribution in [3.8, 4) is 0 Å². The smallest absolute Gasteiger partial charge is 0.281 e. The van der Waals surface area contributed by atoms with Crippen molar-refractivity contribution in [2.45, 2.75) is 26.4 Å². The van der Waals surface area contributed by atoms with Gasteiger partial charge < -0.3 is 10.2 Å². The fraction of sp³-hybridized carbons (Fsp3) is 0.320. The molecule has 0 saturated carbocycles. The molecule has 3 heterocycles. The van der Waals surface area contributed by atoms with Crippen LogP contribution in [0.2, 0.25) is 5.15 Å². The summed E-state index contributed by atoms with van der Waals surface area (Å²) in [7, 11) is 5.48. The van der Waals surface area contributed by atoms with Crippen LogP contribution >= 0.6 is 23.5 Å². The Bertz CT molecular complexity index is 1530. The molecule has 12 heteroatoms. The number of pyridine rings is 1. The van der Waals surface area contributed by atoms with Gasteiger partial charge in [0.25, 0.3) is 11.5 Å². The number of amides is 1. The maximum absolute atomic E-state index is 13.4. The lowest BCUT2D eigenvalue weighted by molar-refractivity contribution is 0.0980. The molecule has 10 nitrogen and oxygen atoms in total. The van der Waals surface area contributed by atoms with Gasteiger partial charge in [-0.05, 0) is 37.6 Å². The zero-order valence-corrected chi connectivity index (χ0v) is 23.1. The van der Waals surface area contributed by atoms with Crippen molar-refractivity contribution in [3.05, 3.63) is 74.6 Å². The van der Waals surface area contributed by atoms with E-state index in [4.69, 9.17) is 16.6 Å². The summed E-state index contributed by atoms with van der Waals surface area (Å²) >= 11 is 7.25. The van der Waals surface area contributed by atoms with Crippen LogP contribution in [0.5, 0.6) is 0 Å². The van der Waals surface area contributed by atoms with E-state index in [1.807, 2.05) is 51.2 Å². The zero-order chi connectivity index (χ0) is 26.9. The highest BCUT2D eigenvalue weighted by atomic mass is 35.5. The summed E-state index contributed by atoms with van der Waals surface area (Å²) in [6.07, 6.45) is 5.48. The van der Waals surface area contributed by atoms with Crippen molar-refractivity contribution >= 4 is 52.0 Å². The summed E-state index contributed by atoms with van der Waals surface area (Å²) < 4.78 is 5.99. The molecular weight excluding hydrogens is 512 g/mol. The summed E-state index contributed by atoms with van der Waals surface area (Å²) in [6.45, 7) is 4.44. The molecule has 37 heavy (non-hydrogen) atoms. The molecule has 0 aliphatic carbocycles. The second-order valence-corrected chi connectivity index (χ2v) is 9.94. The van der Waals surface area contributed by atoms with Crippen molar-refractivity contribution in [1.29, 1.82) is 0 Å². The van der Waals surface area contributed by atoms with E-state index in [1.165, 1.54) is 11.9 Å². The van der Waals surface area contributed by atoms with Gasteiger partial charge in [0.05, 0.1) is 28.8 Å². The molecule has 0 spiro atoms. The first kappa shape index (κ1) is 26.5. The van der Waals surface area contributed by atoms with Gasteiger partial charge in [0, 0.05) is 51.3 Å². The Morgan fingerprint density at radius 1 is 1.24 bits per heavy atom. The van der Waals surface area contributed by atoms with Gasteiger partial charge in [0.1, 0.15) is 5.15 Å². The van der Waals surface area contributed by atoms with E-state index in [1.54, 1.807) is 40.9 Å². The fourth-order valence-corrected chi connectivity index (χ4v) is 4.72. The maximum Gasteiger partial charge on any atom is 0.281 e. The summed E-state index contributed by atoms with van der Waals surface area (Å²) in [5.74, 6) is 0.178. The molecule has 0 aliphatic heterocycles. The summed E-state index contributed by atoms with van der Waals surface area (Å²) in [5.41, 5.74) is 3.94. The van der Waals surface area contributed by atoms with Gasteiger partial charge in [-0.2, -0.15) is 5.10 Å². The first-order valence-electron chi connectivity index (χ1n) is 11.6. The minimum atomic E-state index is -0.356. The third kappa shape index (κ3) is 5.57. The number of aromatic nitrogens is 5. The van der Waals surface area contributed by atoms with Gasteiger partial charge in [-0.3, -0.25) is 23.6 Å². The molecule has 194 valence electrons. The van der Waals surface area contributed by atoms with Crippen LogP contribution in [0.1, 0.15) is 40.1 Å². The SMILES string of the molecule is CSNC(=O)c1nc(Cl)ccc1NC(C)c1cc(C)cc2c(=O)n(C)c(N(C)Cc3cnn(C)c3)nc12. The highest BCUT2D eigenvalue weighted by Gasteiger charge is 2.21. The number of carbonyl (C=O) groups is 1. The molecule has 0 radical (unpaired) electrons. The van der Waals surface area contributed by atoms with E-state index >= 15 is 0 Å². The van der Waals surface area contributed by atoms with Crippen LogP contribution < -0.4 is 20.5 Å². The predicted octanol–water partition coefficient (Wildman–Crippen LogP) is 3.84. The van der Waals surface area contributed by atoms with E-state index in [-0.39, 0.29) is 28.4 Å². The van der Waals surface area contributed by atoms with Crippen molar-refractivity contribution in [2.24, 2.45) is 14.1 Å². The van der Waals surface area contributed by atoms with Crippen molar-refractivity contribution in [2.75, 3.05) is 23.5 Å². The van der Waals surface area contributed by atoms with E-state index in [0.717, 1.165) is 16.7 Å². The summed E-state index contributed by atoms with van der Waals surface area (Å²) in [4.78, 5) is 37.1.